The Kier molecular flexibility index (Phi) is 8.83. The van der Waals surface area contributed by atoms with Gasteiger partial charge in [0.1, 0.15) is 5.75 Å². The van der Waals surface area contributed by atoms with Gasteiger partial charge < -0.3 is 24.8 Å². The number of carbonyl (C=O) groups excluding carboxylic acids is 2. The van der Waals surface area contributed by atoms with E-state index in [-0.39, 0.29) is 18.4 Å². The van der Waals surface area contributed by atoms with Gasteiger partial charge in [-0.25, -0.2) is 4.99 Å². The summed E-state index contributed by atoms with van der Waals surface area (Å²) in [4.78, 5) is 29.6. The predicted octanol–water partition coefficient (Wildman–Crippen LogP) is 4.33. The molecule has 2 N–H and O–H groups in total. The van der Waals surface area contributed by atoms with E-state index in [1.807, 2.05) is 54.6 Å². The molecule has 37 heavy (non-hydrogen) atoms. The molecule has 0 saturated carbocycles. The van der Waals surface area contributed by atoms with Gasteiger partial charge in [-0.15, -0.1) is 0 Å². The highest BCUT2D eigenvalue weighted by atomic mass is 32.2. The summed E-state index contributed by atoms with van der Waals surface area (Å²) in [5.41, 5.74) is 2.61. The predicted molar refractivity (Wildman–Crippen MR) is 145 cm³/mol. The van der Waals surface area contributed by atoms with Crippen LogP contribution in [0.5, 0.6) is 17.2 Å². The number of methoxy groups -OCH3 is 2. The Bertz CT molecular complexity index is 1310. The maximum Gasteiger partial charge on any atom is 0.264 e. The maximum atomic E-state index is 12.5. The minimum Gasteiger partial charge on any atom is -0.497 e. The van der Waals surface area contributed by atoms with Crippen LogP contribution >= 0.6 is 11.8 Å². The number of rotatable bonds is 10. The summed E-state index contributed by atoms with van der Waals surface area (Å²) in [7, 11) is 3.12. The van der Waals surface area contributed by atoms with E-state index in [0.29, 0.717) is 33.8 Å². The molecular formula is C28H27N3O5S. The highest BCUT2D eigenvalue weighted by Gasteiger charge is 2.24. The van der Waals surface area contributed by atoms with Crippen molar-refractivity contribution in [2.24, 2.45) is 4.99 Å². The van der Waals surface area contributed by atoms with Crippen LogP contribution < -0.4 is 24.8 Å². The van der Waals surface area contributed by atoms with Crippen molar-refractivity contribution in [3.8, 4) is 17.2 Å². The third-order valence-corrected chi connectivity index (χ3v) is 6.29. The van der Waals surface area contributed by atoms with E-state index in [9.17, 15) is 9.59 Å². The van der Waals surface area contributed by atoms with Crippen LogP contribution in [0.2, 0.25) is 0 Å². The second-order valence-electron chi connectivity index (χ2n) is 7.96. The Balaban J connectivity index is 1.34. The number of nitrogens with zero attached hydrogens (tertiary/aromatic N) is 1. The lowest BCUT2D eigenvalue weighted by atomic mass is 10.1. The molecule has 1 aliphatic heterocycles. The van der Waals surface area contributed by atoms with Gasteiger partial charge in [0.15, 0.2) is 23.3 Å². The van der Waals surface area contributed by atoms with Gasteiger partial charge in [-0.05, 0) is 71.8 Å². The summed E-state index contributed by atoms with van der Waals surface area (Å²) in [6.07, 6.45) is 2.50. The Morgan fingerprint density at radius 1 is 1.00 bits per heavy atom. The summed E-state index contributed by atoms with van der Waals surface area (Å²) >= 11 is 1.25. The Morgan fingerprint density at radius 2 is 1.78 bits per heavy atom. The molecule has 9 heteroatoms. The molecule has 3 aromatic carbocycles. The maximum absolute atomic E-state index is 12.5. The summed E-state index contributed by atoms with van der Waals surface area (Å²) < 4.78 is 16.3. The van der Waals surface area contributed by atoms with E-state index < -0.39 is 0 Å². The molecule has 4 rings (SSSR count). The lowest BCUT2D eigenvalue weighted by Gasteiger charge is -2.11. The largest absolute Gasteiger partial charge is 0.497 e. The molecule has 1 fully saturated rings. The highest BCUT2D eigenvalue weighted by molar-refractivity contribution is 8.18. The van der Waals surface area contributed by atoms with Gasteiger partial charge in [0, 0.05) is 6.54 Å². The Morgan fingerprint density at radius 3 is 2.51 bits per heavy atom. The molecule has 1 heterocycles. The number of amidine groups is 1. The lowest BCUT2D eigenvalue weighted by Crippen LogP contribution is -2.30. The third-order valence-electron chi connectivity index (χ3n) is 5.38. The molecule has 3 aromatic rings. The molecule has 0 radical (unpaired) electrons. The zero-order valence-corrected chi connectivity index (χ0v) is 21.3. The third kappa shape index (κ3) is 7.37. The van der Waals surface area contributed by atoms with Gasteiger partial charge in [0.05, 0.1) is 24.8 Å². The zero-order valence-electron chi connectivity index (χ0n) is 20.5. The fourth-order valence-corrected chi connectivity index (χ4v) is 4.33. The van der Waals surface area contributed by atoms with E-state index in [0.717, 1.165) is 23.3 Å². The molecule has 0 aromatic heterocycles. The Hall–Kier alpha value is -4.24. The molecule has 1 saturated heterocycles. The van der Waals surface area contributed by atoms with Gasteiger partial charge in [-0.2, -0.15) is 0 Å². The molecule has 8 nitrogen and oxygen atoms in total. The first kappa shape index (κ1) is 25.8. The monoisotopic (exact) mass is 517 g/mol. The molecule has 0 unspecified atom stereocenters. The van der Waals surface area contributed by atoms with Crippen molar-refractivity contribution >= 4 is 40.5 Å². The molecule has 0 spiro atoms. The summed E-state index contributed by atoms with van der Waals surface area (Å²) in [5, 5.41) is 6.12. The first-order chi connectivity index (χ1) is 18.0. The number of ether oxygens (including phenoxy) is 3. The van der Waals surface area contributed by atoms with Crippen molar-refractivity contribution in [3.05, 3.63) is 88.8 Å². The first-order valence-corrected chi connectivity index (χ1v) is 12.4. The number of carbonyl (C=O) groups is 2. The molecule has 2 amide bonds. The number of hydrogen-bond acceptors (Lipinski definition) is 7. The molecule has 0 bridgehead atoms. The van der Waals surface area contributed by atoms with Crippen LogP contribution in [0.25, 0.3) is 6.08 Å². The quantitative estimate of drug-likeness (QED) is 0.389. The molecule has 0 atom stereocenters. The minimum atomic E-state index is -0.233. The lowest BCUT2D eigenvalue weighted by molar-refractivity contribution is -0.123. The average molecular weight is 518 g/mol. The van der Waals surface area contributed by atoms with Crippen LogP contribution in [0.4, 0.5) is 5.69 Å². The number of aliphatic imine (C=N–C) groups is 1. The second-order valence-corrected chi connectivity index (χ2v) is 8.99. The summed E-state index contributed by atoms with van der Waals surface area (Å²) in [6.45, 7) is 0.397. The molecular weight excluding hydrogens is 490 g/mol. The standard InChI is InChI=1S/C28H27N3O5S/c1-34-22-11-9-21(10-12-22)30-28-31-27(33)25(37-28)17-20-8-13-23(24(16-20)35-2)36-18-26(32)29-15-14-19-6-4-3-5-7-19/h3-13,16-17H,14-15,18H2,1-2H3,(H,29,32)(H,30,31,33). The average Bonchev–Trinajstić information content (AvgIpc) is 3.26. The van der Waals surface area contributed by atoms with Gasteiger partial charge in [0.25, 0.3) is 11.8 Å². The number of hydrogen-bond donors (Lipinski definition) is 2. The van der Waals surface area contributed by atoms with E-state index in [1.54, 1.807) is 31.4 Å². The topological polar surface area (TPSA) is 98.3 Å². The summed E-state index contributed by atoms with van der Waals surface area (Å²) in [6, 6.07) is 22.4. The number of nitrogens with one attached hydrogen (secondary N) is 2. The minimum absolute atomic E-state index is 0.130. The second kappa shape index (κ2) is 12.6. The number of benzene rings is 3. The van der Waals surface area contributed by atoms with E-state index in [4.69, 9.17) is 14.2 Å². The van der Waals surface area contributed by atoms with Gasteiger partial charge in [0.2, 0.25) is 0 Å². The van der Waals surface area contributed by atoms with Crippen molar-refractivity contribution in [2.75, 3.05) is 27.4 Å². The van der Waals surface area contributed by atoms with Crippen LogP contribution in [0.15, 0.2) is 82.7 Å². The smallest absolute Gasteiger partial charge is 0.264 e. The van der Waals surface area contributed by atoms with Crippen LogP contribution in [-0.2, 0) is 16.0 Å². The normalized spacial score (nSPS) is 14.9. The van der Waals surface area contributed by atoms with Crippen molar-refractivity contribution in [1.29, 1.82) is 0 Å². The van der Waals surface area contributed by atoms with Crippen molar-refractivity contribution < 1.29 is 23.8 Å². The molecule has 1 aliphatic rings. The SMILES string of the molecule is COc1ccc(N=C2NC(=O)C(=Cc3ccc(OCC(=O)NCCc4ccccc4)c(OC)c3)S2)cc1. The van der Waals surface area contributed by atoms with E-state index >= 15 is 0 Å². The van der Waals surface area contributed by atoms with E-state index in [1.165, 1.54) is 18.9 Å². The van der Waals surface area contributed by atoms with Crippen molar-refractivity contribution in [1.82, 2.24) is 10.6 Å². The summed E-state index contributed by atoms with van der Waals surface area (Å²) in [5.74, 6) is 1.18. The first-order valence-electron chi connectivity index (χ1n) is 11.6. The zero-order chi connectivity index (χ0) is 26.0. The van der Waals surface area contributed by atoms with Crippen LogP contribution in [0, 0.1) is 0 Å². The fraction of sp³-hybridized carbons (Fsp3) is 0.179. The Labute approximate surface area is 219 Å². The van der Waals surface area contributed by atoms with Crippen molar-refractivity contribution in [2.45, 2.75) is 6.42 Å². The highest BCUT2D eigenvalue weighted by Crippen LogP contribution is 2.32. The van der Waals surface area contributed by atoms with Crippen molar-refractivity contribution in [3.63, 3.8) is 0 Å². The van der Waals surface area contributed by atoms with Crippen LogP contribution in [0.1, 0.15) is 11.1 Å². The van der Waals surface area contributed by atoms with Gasteiger partial charge in [-0.1, -0.05) is 36.4 Å². The van der Waals surface area contributed by atoms with Crippen LogP contribution in [-0.4, -0.2) is 44.4 Å². The van der Waals surface area contributed by atoms with E-state index in [2.05, 4.69) is 15.6 Å². The fourth-order valence-electron chi connectivity index (χ4n) is 3.48. The number of amides is 2. The van der Waals surface area contributed by atoms with Gasteiger partial charge >= 0.3 is 0 Å². The molecule has 190 valence electrons. The van der Waals surface area contributed by atoms with Crippen LogP contribution in [0.3, 0.4) is 0 Å². The van der Waals surface area contributed by atoms with Gasteiger partial charge in [-0.3, -0.25) is 9.59 Å². The number of thioether (sulfide) groups is 1. The molecule has 0 aliphatic carbocycles.